The van der Waals surface area contributed by atoms with Crippen LogP contribution in [0.25, 0.3) is 0 Å². The maximum absolute atomic E-state index is 12.5. The lowest BCUT2D eigenvalue weighted by atomic mass is 9.99. The van der Waals surface area contributed by atoms with Gasteiger partial charge in [0, 0.05) is 20.1 Å². The quantitative estimate of drug-likeness (QED) is 0.845. The second-order valence-corrected chi connectivity index (χ2v) is 6.95. The summed E-state index contributed by atoms with van der Waals surface area (Å²) in [6.07, 6.45) is 4.83. The number of nitrogens with zero attached hydrogens (tertiary/aromatic N) is 3. The van der Waals surface area contributed by atoms with Crippen molar-refractivity contribution in [3.63, 3.8) is 0 Å². The Morgan fingerprint density at radius 3 is 2.83 bits per heavy atom. The molecule has 2 aromatic rings. The van der Waals surface area contributed by atoms with Crippen molar-refractivity contribution in [2.24, 2.45) is 7.05 Å². The zero-order valence-electron chi connectivity index (χ0n) is 14.5. The molecular formula is C18H24N4OS. The summed E-state index contributed by atoms with van der Waals surface area (Å²) in [6.45, 7) is 4.26. The van der Waals surface area contributed by atoms with Crippen LogP contribution in [-0.2, 0) is 31.4 Å². The molecule has 5 nitrogen and oxygen atoms in total. The molecule has 1 amide bonds. The molecule has 1 aliphatic heterocycles. The van der Waals surface area contributed by atoms with Crippen molar-refractivity contribution in [1.82, 2.24) is 19.8 Å². The van der Waals surface area contributed by atoms with Crippen molar-refractivity contribution in [1.29, 1.82) is 0 Å². The van der Waals surface area contributed by atoms with Crippen LogP contribution >= 0.6 is 11.8 Å². The number of hydrogen-bond donors (Lipinski definition) is 1. The predicted molar refractivity (Wildman–Crippen MR) is 96.9 cm³/mol. The van der Waals surface area contributed by atoms with E-state index in [0.717, 1.165) is 30.4 Å². The first-order chi connectivity index (χ1) is 11.6. The molecule has 0 radical (unpaired) electrons. The third-order valence-electron chi connectivity index (χ3n) is 4.76. The van der Waals surface area contributed by atoms with E-state index in [1.165, 1.54) is 11.1 Å². The van der Waals surface area contributed by atoms with Crippen molar-refractivity contribution in [2.45, 2.75) is 37.6 Å². The number of thioether (sulfide) groups is 1. The van der Waals surface area contributed by atoms with E-state index in [0.29, 0.717) is 6.54 Å². The lowest BCUT2D eigenvalue weighted by Crippen LogP contribution is -2.46. The molecule has 1 N–H and O–H groups in total. The van der Waals surface area contributed by atoms with Crippen LogP contribution in [0.1, 0.15) is 23.7 Å². The zero-order chi connectivity index (χ0) is 17.1. The van der Waals surface area contributed by atoms with Gasteiger partial charge in [-0.1, -0.05) is 36.0 Å². The maximum Gasteiger partial charge on any atom is 0.237 e. The van der Waals surface area contributed by atoms with E-state index in [-0.39, 0.29) is 11.9 Å². The number of carbonyl (C=O) groups is 1. The highest BCUT2D eigenvalue weighted by Gasteiger charge is 2.25. The van der Waals surface area contributed by atoms with E-state index in [4.69, 9.17) is 0 Å². The van der Waals surface area contributed by atoms with E-state index in [1.54, 1.807) is 11.8 Å². The maximum atomic E-state index is 12.5. The molecule has 6 heteroatoms. The van der Waals surface area contributed by atoms with E-state index in [1.807, 2.05) is 31.0 Å². The van der Waals surface area contributed by atoms with E-state index in [2.05, 4.69) is 39.5 Å². The molecule has 0 fully saturated rings. The molecule has 0 spiro atoms. The lowest BCUT2D eigenvalue weighted by Gasteiger charge is -2.32. The molecule has 1 aliphatic rings. The largest absolute Gasteiger partial charge is 0.349 e. The van der Waals surface area contributed by atoms with Gasteiger partial charge < -0.3 is 9.88 Å². The average Bonchev–Trinajstić information content (AvgIpc) is 2.98. The monoisotopic (exact) mass is 344 g/mol. The van der Waals surface area contributed by atoms with Crippen LogP contribution in [0.5, 0.6) is 0 Å². The minimum atomic E-state index is -0.133. The van der Waals surface area contributed by atoms with Crippen LogP contribution in [0.15, 0.2) is 35.6 Å². The second-order valence-electron chi connectivity index (χ2n) is 6.18. The Balaban J connectivity index is 1.58. The summed E-state index contributed by atoms with van der Waals surface area (Å²) in [6, 6.07) is 8.36. The molecule has 1 unspecified atom stereocenters. The van der Waals surface area contributed by atoms with Gasteiger partial charge in [-0.2, -0.15) is 0 Å². The fourth-order valence-electron chi connectivity index (χ4n) is 3.12. The molecule has 1 atom stereocenters. The number of nitrogens with one attached hydrogen (secondary N) is 1. The van der Waals surface area contributed by atoms with Crippen molar-refractivity contribution in [2.75, 3.05) is 12.8 Å². The highest BCUT2D eigenvalue weighted by Crippen LogP contribution is 2.20. The van der Waals surface area contributed by atoms with Crippen molar-refractivity contribution in [3.8, 4) is 0 Å². The molecule has 0 aliphatic carbocycles. The Morgan fingerprint density at radius 2 is 2.12 bits per heavy atom. The molecule has 0 bridgehead atoms. The fraction of sp³-hybridized carbons (Fsp3) is 0.444. The van der Waals surface area contributed by atoms with Gasteiger partial charge in [-0.3, -0.25) is 9.69 Å². The SMILES string of the molecule is CSc1ncc(CNC(=O)C(C)N2CCc3ccccc3C2)n1C. The topological polar surface area (TPSA) is 50.2 Å². The first-order valence-corrected chi connectivity index (χ1v) is 9.45. The molecule has 2 heterocycles. The summed E-state index contributed by atoms with van der Waals surface area (Å²) in [5, 5.41) is 4.01. The Morgan fingerprint density at radius 1 is 1.38 bits per heavy atom. The minimum absolute atomic E-state index is 0.0706. The summed E-state index contributed by atoms with van der Waals surface area (Å²) >= 11 is 1.60. The smallest absolute Gasteiger partial charge is 0.237 e. The van der Waals surface area contributed by atoms with Gasteiger partial charge in [-0.15, -0.1) is 0 Å². The van der Waals surface area contributed by atoms with Gasteiger partial charge in [0.2, 0.25) is 5.91 Å². The normalized spacial score (nSPS) is 15.8. The average molecular weight is 344 g/mol. The third kappa shape index (κ3) is 3.49. The second kappa shape index (κ2) is 7.40. The van der Waals surface area contributed by atoms with E-state index >= 15 is 0 Å². The van der Waals surface area contributed by atoms with Gasteiger partial charge in [0.15, 0.2) is 5.16 Å². The highest BCUT2D eigenvalue weighted by molar-refractivity contribution is 7.98. The summed E-state index contributed by atoms with van der Waals surface area (Å²) in [4.78, 5) is 19.1. The number of carbonyl (C=O) groups excluding carboxylic acids is 1. The number of imidazole rings is 1. The van der Waals surface area contributed by atoms with Crippen LogP contribution in [0, 0.1) is 0 Å². The molecule has 1 aromatic carbocycles. The van der Waals surface area contributed by atoms with Gasteiger partial charge in [0.1, 0.15) is 0 Å². The van der Waals surface area contributed by atoms with Crippen molar-refractivity contribution in [3.05, 3.63) is 47.3 Å². The summed E-state index contributed by atoms with van der Waals surface area (Å²) < 4.78 is 2.02. The molecule has 3 rings (SSSR count). The van der Waals surface area contributed by atoms with Gasteiger partial charge in [-0.05, 0) is 30.7 Å². The Bertz CT molecular complexity index is 728. The van der Waals surface area contributed by atoms with E-state index in [9.17, 15) is 4.79 Å². The van der Waals surface area contributed by atoms with Gasteiger partial charge in [-0.25, -0.2) is 4.98 Å². The molecule has 0 saturated carbocycles. The van der Waals surface area contributed by atoms with Crippen LogP contribution in [0.4, 0.5) is 0 Å². The first-order valence-electron chi connectivity index (χ1n) is 8.23. The standard InChI is InChI=1S/C18H24N4OS/c1-13(22-9-8-14-6-4-5-7-15(14)12-22)17(23)19-10-16-11-20-18(24-3)21(16)2/h4-7,11,13H,8-10,12H2,1-3H3,(H,19,23). The molecule has 0 saturated heterocycles. The molecule has 128 valence electrons. The van der Waals surface area contributed by atoms with Gasteiger partial charge in [0.05, 0.1) is 24.5 Å². The predicted octanol–water partition coefficient (Wildman–Crippen LogP) is 2.21. The Hall–Kier alpha value is -1.79. The summed E-state index contributed by atoms with van der Waals surface area (Å²) in [7, 11) is 1.98. The van der Waals surface area contributed by atoms with Crippen LogP contribution in [0.2, 0.25) is 0 Å². The van der Waals surface area contributed by atoms with Crippen LogP contribution < -0.4 is 5.32 Å². The summed E-state index contributed by atoms with van der Waals surface area (Å²) in [5.74, 6) is 0.0706. The van der Waals surface area contributed by atoms with Gasteiger partial charge in [0.25, 0.3) is 0 Å². The Kier molecular flexibility index (Phi) is 5.26. The molecule has 1 aromatic heterocycles. The third-order valence-corrected chi connectivity index (χ3v) is 5.50. The Labute approximate surface area is 147 Å². The minimum Gasteiger partial charge on any atom is -0.349 e. The number of aromatic nitrogens is 2. The van der Waals surface area contributed by atoms with Crippen LogP contribution in [-0.4, -0.2) is 39.2 Å². The molecular weight excluding hydrogens is 320 g/mol. The fourth-order valence-corrected chi connectivity index (χ4v) is 3.67. The first kappa shape index (κ1) is 17.0. The van der Waals surface area contributed by atoms with Crippen LogP contribution in [0.3, 0.4) is 0 Å². The number of hydrogen-bond acceptors (Lipinski definition) is 4. The number of benzene rings is 1. The summed E-state index contributed by atoms with van der Waals surface area (Å²) in [5.41, 5.74) is 3.75. The van der Waals surface area contributed by atoms with Crippen molar-refractivity contribution >= 4 is 17.7 Å². The molecule has 24 heavy (non-hydrogen) atoms. The highest BCUT2D eigenvalue weighted by atomic mass is 32.2. The van der Waals surface area contributed by atoms with Gasteiger partial charge >= 0.3 is 0 Å². The van der Waals surface area contributed by atoms with Crippen molar-refractivity contribution < 1.29 is 4.79 Å². The van der Waals surface area contributed by atoms with E-state index < -0.39 is 0 Å². The lowest BCUT2D eigenvalue weighted by molar-refractivity contribution is -0.126. The zero-order valence-corrected chi connectivity index (χ0v) is 15.3. The number of fused-ring (bicyclic) bond motifs is 1. The number of rotatable bonds is 5. The number of amides is 1.